The second-order valence-corrected chi connectivity index (χ2v) is 5.07. The second kappa shape index (κ2) is 8.19. The lowest BCUT2D eigenvalue weighted by atomic mass is 10.1. The molecular formula is C18H21NO4. The summed E-state index contributed by atoms with van der Waals surface area (Å²) in [5, 5.41) is 12.9. The third-order valence-corrected chi connectivity index (χ3v) is 3.50. The van der Waals surface area contributed by atoms with Gasteiger partial charge in [0, 0.05) is 18.2 Å². The molecule has 23 heavy (non-hydrogen) atoms. The van der Waals surface area contributed by atoms with E-state index in [9.17, 15) is 9.90 Å². The molecule has 122 valence electrons. The van der Waals surface area contributed by atoms with Gasteiger partial charge in [-0.05, 0) is 24.1 Å². The molecule has 0 saturated carbocycles. The number of carbonyl (C=O) groups excluding carboxylic acids is 1. The number of benzene rings is 2. The van der Waals surface area contributed by atoms with Crippen LogP contribution in [-0.2, 0) is 0 Å². The fraction of sp³-hybridized carbons (Fsp3) is 0.278. The summed E-state index contributed by atoms with van der Waals surface area (Å²) in [6.07, 6.45) is -0.159. The fourth-order valence-electron chi connectivity index (χ4n) is 2.20. The van der Waals surface area contributed by atoms with Gasteiger partial charge in [-0.1, -0.05) is 30.3 Å². The number of nitrogens with one attached hydrogen (secondary N) is 1. The number of rotatable bonds is 7. The molecule has 0 aliphatic carbocycles. The van der Waals surface area contributed by atoms with E-state index in [4.69, 9.17) is 9.47 Å². The molecule has 0 radical (unpaired) electrons. The summed E-state index contributed by atoms with van der Waals surface area (Å²) in [4.78, 5) is 12.2. The molecule has 0 spiro atoms. The Morgan fingerprint density at radius 1 is 1.09 bits per heavy atom. The van der Waals surface area contributed by atoms with Gasteiger partial charge in [-0.2, -0.15) is 0 Å². The summed E-state index contributed by atoms with van der Waals surface area (Å²) < 4.78 is 10.3. The number of carbonyl (C=O) groups is 1. The number of aliphatic hydroxyl groups is 1. The Morgan fingerprint density at radius 3 is 2.26 bits per heavy atom. The van der Waals surface area contributed by atoms with E-state index in [-0.39, 0.29) is 5.91 Å². The van der Waals surface area contributed by atoms with Crippen molar-refractivity contribution in [3.8, 4) is 11.5 Å². The van der Waals surface area contributed by atoms with Gasteiger partial charge in [0.05, 0.1) is 20.3 Å². The number of aliphatic hydroxyl groups excluding tert-OH is 1. The second-order valence-electron chi connectivity index (χ2n) is 5.07. The molecule has 1 atom stereocenters. The molecule has 2 aromatic carbocycles. The van der Waals surface area contributed by atoms with Crippen molar-refractivity contribution in [1.29, 1.82) is 0 Å². The van der Waals surface area contributed by atoms with E-state index >= 15 is 0 Å². The Hall–Kier alpha value is -2.53. The Balaban J connectivity index is 1.92. The SMILES string of the molecule is COc1cc(OC)cc(C(=O)NCC[C@@H](O)c2ccccc2)c1. The Morgan fingerprint density at radius 2 is 1.70 bits per heavy atom. The number of hydrogen-bond acceptors (Lipinski definition) is 4. The topological polar surface area (TPSA) is 67.8 Å². The molecule has 0 bridgehead atoms. The molecule has 2 rings (SSSR count). The van der Waals surface area contributed by atoms with Crippen LogP contribution in [0.1, 0.15) is 28.4 Å². The lowest BCUT2D eigenvalue weighted by Crippen LogP contribution is -2.25. The molecule has 1 amide bonds. The first-order valence-corrected chi connectivity index (χ1v) is 7.38. The van der Waals surface area contributed by atoms with Crippen molar-refractivity contribution in [2.24, 2.45) is 0 Å². The summed E-state index contributed by atoms with van der Waals surface area (Å²) in [5.41, 5.74) is 1.29. The average Bonchev–Trinajstić information content (AvgIpc) is 2.61. The first kappa shape index (κ1) is 16.8. The maximum Gasteiger partial charge on any atom is 0.251 e. The fourth-order valence-corrected chi connectivity index (χ4v) is 2.20. The van der Waals surface area contributed by atoms with Crippen LogP contribution in [0.3, 0.4) is 0 Å². The molecule has 0 unspecified atom stereocenters. The van der Waals surface area contributed by atoms with Crippen LogP contribution in [0.25, 0.3) is 0 Å². The van der Waals surface area contributed by atoms with Crippen LogP contribution in [0.2, 0.25) is 0 Å². The molecule has 2 N–H and O–H groups in total. The predicted molar refractivity (Wildman–Crippen MR) is 87.9 cm³/mol. The average molecular weight is 315 g/mol. The summed E-state index contributed by atoms with van der Waals surface area (Å²) in [5.74, 6) is 0.875. The largest absolute Gasteiger partial charge is 0.497 e. The van der Waals surface area contributed by atoms with Crippen molar-refractivity contribution in [2.75, 3.05) is 20.8 Å². The minimum atomic E-state index is -0.601. The van der Waals surface area contributed by atoms with E-state index in [1.54, 1.807) is 18.2 Å². The third kappa shape index (κ3) is 4.72. The van der Waals surface area contributed by atoms with Crippen LogP contribution in [0, 0.1) is 0 Å². The highest BCUT2D eigenvalue weighted by atomic mass is 16.5. The smallest absolute Gasteiger partial charge is 0.251 e. The number of hydrogen-bond donors (Lipinski definition) is 2. The van der Waals surface area contributed by atoms with Crippen molar-refractivity contribution in [3.05, 3.63) is 59.7 Å². The van der Waals surface area contributed by atoms with Gasteiger partial charge >= 0.3 is 0 Å². The highest BCUT2D eigenvalue weighted by molar-refractivity contribution is 5.95. The maximum atomic E-state index is 12.2. The standard InChI is InChI=1S/C18H21NO4/c1-22-15-10-14(11-16(12-15)23-2)18(21)19-9-8-17(20)13-6-4-3-5-7-13/h3-7,10-12,17,20H,8-9H2,1-2H3,(H,19,21)/t17-/m1/s1. The van der Waals surface area contributed by atoms with Crippen molar-refractivity contribution in [2.45, 2.75) is 12.5 Å². The number of methoxy groups -OCH3 is 2. The third-order valence-electron chi connectivity index (χ3n) is 3.50. The number of amides is 1. The van der Waals surface area contributed by atoms with E-state index < -0.39 is 6.10 Å². The van der Waals surface area contributed by atoms with Crippen LogP contribution < -0.4 is 14.8 Å². The maximum absolute atomic E-state index is 12.2. The van der Waals surface area contributed by atoms with Crippen molar-refractivity contribution >= 4 is 5.91 Å². The zero-order valence-electron chi connectivity index (χ0n) is 13.3. The molecule has 2 aromatic rings. The first-order valence-electron chi connectivity index (χ1n) is 7.38. The van der Waals surface area contributed by atoms with E-state index in [1.165, 1.54) is 14.2 Å². The minimum absolute atomic E-state index is 0.234. The highest BCUT2D eigenvalue weighted by Gasteiger charge is 2.11. The molecular weight excluding hydrogens is 294 g/mol. The van der Waals surface area contributed by atoms with Crippen LogP contribution in [0.15, 0.2) is 48.5 Å². The quantitative estimate of drug-likeness (QED) is 0.824. The molecule has 0 heterocycles. The van der Waals surface area contributed by atoms with E-state index in [1.807, 2.05) is 30.3 Å². The van der Waals surface area contributed by atoms with Gasteiger partial charge in [-0.15, -0.1) is 0 Å². The van der Waals surface area contributed by atoms with Gasteiger partial charge in [0.2, 0.25) is 0 Å². The number of ether oxygens (including phenoxy) is 2. The van der Waals surface area contributed by atoms with Crippen LogP contribution in [0.4, 0.5) is 0 Å². The Bertz CT molecular complexity index is 620. The van der Waals surface area contributed by atoms with Crippen molar-refractivity contribution in [3.63, 3.8) is 0 Å². The highest BCUT2D eigenvalue weighted by Crippen LogP contribution is 2.22. The summed E-state index contributed by atoms with van der Waals surface area (Å²) in [6, 6.07) is 14.4. The van der Waals surface area contributed by atoms with Gasteiger partial charge in [0.1, 0.15) is 11.5 Å². The van der Waals surface area contributed by atoms with Gasteiger partial charge in [-0.25, -0.2) is 0 Å². The first-order chi connectivity index (χ1) is 11.1. The van der Waals surface area contributed by atoms with Gasteiger partial charge < -0.3 is 19.9 Å². The van der Waals surface area contributed by atoms with Crippen molar-refractivity contribution in [1.82, 2.24) is 5.32 Å². The zero-order chi connectivity index (χ0) is 16.7. The molecule has 5 heteroatoms. The Kier molecular flexibility index (Phi) is 6.00. The molecule has 0 aliphatic rings. The van der Waals surface area contributed by atoms with E-state index in [0.29, 0.717) is 30.0 Å². The molecule has 0 fully saturated rings. The van der Waals surface area contributed by atoms with Gasteiger partial charge in [0.25, 0.3) is 5.91 Å². The van der Waals surface area contributed by atoms with Gasteiger partial charge in [-0.3, -0.25) is 4.79 Å². The summed E-state index contributed by atoms with van der Waals surface area (Å²) in [6.45, 7) is 0.369. The normalized spacial score (nSPS) is 11.6. The summed E-state index contributed by atoms with van der Waals surface area (Å²) in [7, 11) is 3.07. The molecule has 0 saturated heterocycles. The lowest BCUT2D eigenvalue weighted by molar-refractivity contribution is 0.0942. The monoisotopic (exact) mass is 315 g/mol. The van der Waals surface area contributed by atoms with Crippen molar-refractivity contribution < 1.29 is 19.4 Å². The van der Waals surface area contributed by atoms with Gasteiger partial charge in [0.15, 0.2) is 0 Å². The zero-order valence-corrected chi connectivity index (χ0v) is 13.3. The van der Waals surface area contributed by atoms with E-state index in [0.717, 1.165) is 5.56 Å². The molecule has 0 aliphatic heterocycles. The lowest BCUT2D eigenvalue weighted by Gasteiger charge is -2.12. The molecule has 5 nitrogen and oxygen atoms in total. The van der Waals surface area contributed by atoms with Crippen LogP contribution >= 0.6 is 0 Å². The Labute approximate surface area is 135 Å². The molecule has 0 aromatic heterocycles. The summed E-state index contributed by atoms with van der Waals surface area (Å²) >= 11 is 0. The van der Waals surface area contributed by atoms with Crippen LogP contribution in [0.5, 0.6) is 11.5 Å². The van der Waals surface area contributed by atoms with E-state index in [2.05, 4.69) is 5.32 Å². The van der Waals surface area contributed by atoms with Crippen LogP contribution in [-0.4, -0.2) is 31.8 Å². The minimum Gasteiger partial charge on any atom is -0.497 e. The predicted octanol–water partition coefficient (Wildman–Crippen LogP) is 2.56.